The Hall–Kier alpha value is -1.64. The smallest absolute Gasteiger partial charge is 0.161 e. The molecule has 20 heavy (non-hydrogen) atoms. The minimum absolute atomic E-state index is 0.386. The molecule has 1 heterocycles. The van der Waals surface area contributed by atoms with E-state index in [1.165, 1.54) is 5.56 Å². The van der Waals surface area contributed by atoms with Gasteiger partial charge in [-0.2, -0.15) is 0 Å². The quantitative estimate of drug-likeness (QED) is 0.576. The van der Waals surface area contributed by atoms with Gasteiger partial charge in [0.15, 0.2) is 5.82 Å². The highest BCUT2D eigenvalue weighted by atomic mass is 35.5. The molecule has 3 aromatic rings. The number of rotatable bonds is 1. The molecule has 0 saturated heterocycles. The first-order valence-corrected chi connectivity index (χ1v) is 7.02. The molecule has 0 radical (unpaired) electrons. The van der Waals surface area contributed by atoms with E-state index in [1.54, 1.807) is 6.07 Å². The molecule has 1 aromatic heterocycles. The van der Waals surface area contributed by atoms with Crippen LogP contribution in [0.5, 0.6) is 0 Å². The van der Waals surface area contributed by atoms with Gasteiger partial charge in [0.05, 0.1) is 15.9 Å². The maximum atomic E-state index is 6.27. The molecule has 0 spiro atoms. The minimum Gasteiger partial charge on any atom is -0.228 e. The Morgan fingerprint density at radius 3 is 2.45 bits per heavy atom. The van der Waals surface area contributed by atoms with E-state index < -0.39 is 0 Å². The SMILES string of the molecule is Cc1cccc(-c2nc(Cl)c3c(Cl)cccc3n2)c1C. The molecule has 4 heteroatoms. The maximum absolute atomic E-state index is 6.27. The second kappa shape index (κ2) is 5.04. The number of benzene rings is 2. The third kappa shape index (κ3) is 2.15. The van der Waals surface area contributed by atoms with Crippen molar-refractivity contribution in [2.45, 2.75) is 13.8 Å². The lowest BCUT2D eigenvalue weighted by Gasteiger charge is -2.09. The summed E-state index contributed by atoms with van der Waals surface area (Å²) in [6, 6.07) is 11.6. The van der Waals surface area contributed by atoms with Crippen LogP contribution in [-0.4, -0.2) is 9.97 Å². The Kier molecular flexibility index (Phi) is 3.36. The van der Waals surface area contributed by atoms with Gasteiger partial charge in [-0.25, -0.2) is 9.97 Å². The van der Waals surface area contributed by atoms with Crippen molar-refractivity contribution in [1.29, 1.82) is 0 Å². The van der Waals surface area contributed by atoms with Gasteiger partial charge in [-0.05, 0) is 37.1 Å². The Morgan fingerprint density at radius 1 is 0.900 bits per heavy atom. The Labute approximate surface area is 127 Å². The van der Waals surface area contributed by atoms with Crippen LogP contribution in [0.15, 0.2) is 36.4 Å². The van der Waals surface area contributed by atoms with Gasteiger partial charge >= 0.3 is 0 Å². The van der Waals surface area contributed by atoms with Gasteiger partial charge in [-0.15, -0.1) is 0 Å². The number of fused-ring (bicyclic) bond motifs is 1. The normalized spacial score (nSPS) is 11.0. The molecule has 0 fully saturated rings. The van der Waals surface area contributed by atoms with Gasteiger partial charge in [0.1, 0.15) is 5.15 Å². The topological polar surface area (TPSA) is 25.8 Å². The number of aryl methyl sites for hydroxylation is 1. The van der Waals surface area contributed by atoms with Gasteiger partial charge in [0, 0.05) is 5.56 Å². The van der Waals surface area contributed by atoms with E-state index in [0.717, 1.165) is 16.6 Å². The largest absolute Gasteiger partial charge is 0.228 e. The highest BCUT2D eigenvalue weighted by molar-refractivity contribution is 6.41. The molecule has 3 rings (SSSR count). The number of nitrogens with zero attached hydrogens (tertiary/aromatic N) is 2. The highest BCUT2D eigenvalue weighted by Gasteiger charge is 2.12. The third-order valence-corrected chi connectivity index (χ3v) is 4.06. The van der Waals surface area contributed by atoms with Crippen LogP contribution < -0.4 is 0 Å². The molecule has 0 bridgehead atoms. The Balaban J connectivity index is 2.31. The number of hydrogen-bond acceptors (Lipinski definition) is 2. The lowest BCUT2D eigenvalue weighted by Crippen LogP contribution is -1.95. The molecule has 2 nitrogen and oxygen atoms in total. The Bertz CT molecular complexity index is 813. The first-order valence-electron chi connectivity index (χ1n) is 6.26. The average Bonchev–Trinajstić information content (AvgIpc) is 2.41. The Morgan fingerprint density at radius 2 is 1.65 bits per heavy atom. The summed E-state index contributed by atoms with van der Waals surface area (Å²) in [6.45, 7) is 4.13. The van der Waals surface area contributed by atoms with Crippen molar-refractivity contribution in [1.82, 2.24) is 9.97 Å². The third-order valence-electron chi connectivity index (χ3n) is 3.47. The molecule has 0 amide bonds. The van der Waals surface area contributed by atoms with Crippen LogP contribution in [-0.2, 0) is 0 Å². The summed E-state index contributed by atoms with van der Waals surface area (Å²) in [4.78, 5) is 8.99. The van der Waals surface area contributed by atoms with Crippen LogP contribution in [0.1, 0.15) is 11.1 Å². The number of halogens is 2. The van der Waals surface area contributed by atoms with Crippen LogP contribution in [0.2, 0.25) is 10.2 Å². The summed E-state index contributed by atoms with van der Waals surface area (Å²) < 4.78 is 0. The van der Waals surface area contributed by atoms with Crippen molar-refractivity contribution < 1.29 is 0 Å². The molecule has 0 aliphatic heterocycles. The van der Waals surface area contributed by atoms with Crippen molar-refractivity contribution in [3.05, 3.63) is 57.7 Å². The number of aromatic nitrogens is 2. The summed E-state index contributed by atoms with van der Waals surface area (Å²) >= 11 is 12.4. The average molecular weight is 303 g/mol. The summed E-state index contributed by atoms with van der Waals surface area (Å²) in [6.07, 6.45) is 0. The first-order chi connectivity index (χ1) is 9.58. The van der Waals surface area contributed by atoms with Crippen LogP contribution in [0, 0.1) is 13.8 Å². The fourth-order valence-electron chi connectivity index (χ4n) is 2.21. The number of hydrogen-bond donors (Lipinski definition) is 0. The van der Waals surface area contributed by atoms with E-state index in [0.29, 0.717) is 21.4 Å². The van der Waals surface area contributed by atoms with Gasteiger partial charge < -0.3 is 0 Å². The van der Waals surface area contributed by atoms with E-state index in [4.69, 9.17) is 23.2 Å². The van der Waals surface area contributed by atoms with Crippen LogP contribution in [0.3, 0.4) is 0 Å². The van der Waals surface area contributed by atoms with Crippen LogP contribution in [0.25, 0.3) is 22.3 Å². The fourth-order valence-corrected chi connectivity index (χ4v) is 2.80. The molecule has 0 atom stereocenters. The summed E-state index contributed by atoms with van der Waals surface area (Å²) in [5.74, 6) is 0.631. The van der Waals surface area contributed by atoms with E-state index >= 15 is 0 Å². The van der Waals surface area contributed by atoms with Crippen molar-refractivity contribution in [2.24, 2.45) is 0 Å². The van der Waals surface area contributed by atoms with E-state index in [9.17, 15) is 0 Å². The maximum Gasteiger partial charge on any atom is 0.161 e. The van der Waals surface area contributed by atoms with Crippen LogP contribution >= 0.6 is 23.2 Å². The molecule has 0 N–H and O–H groups in total. The van der Waals surface area contributed by atoms with Crippen LogP contribution in [0.4, 0.5) is 0 Å². The molecule has 0 saturated carbocycles. The molecule has 2 aromatic carbocycles. The summed E-state index contributed by atoms with van der Waals surface area (Å²) in [7, 11) is 0. The molecular formula is C16H12Cl2N2. The van der Waals surface area contributed by atoms with Crippen molar-refractivity contribution in [3.8, 4) is 11.4 Å². The molecule has 0 unspecified atom stereocenters. The molecule has 100 valence electrons. The van der Waals surface area contributed by atoms with Crippen molar-refractivity contribution in [3.63, 3.8) is 0 Å². The second-order valence-electron chi connectivity index (χ2n) is 4.72. The second-order valence-corrected chi connectivity index (χ2v) is 5.48. The fraction of sp³-hybridized carbons (Fsp3) is 0.125. The van der Waals surface area contributed by atoms with Crippen molar-refractivity contribution in [2.75, 3.05) is 0 Å². The van der Waals surface area contributed by atoms with Gasteiger partial charge in [-0.1, -0.05) is 47.5 Å². The van der Waals surface area contributed by atoms with E-state index in [2.05, 4.69) is 29.9 Å². The van der Waals surface area contributed by atoms with Gasteiger partial charge in [-0.3, -0.25) is 0 Å². The predicted molar refractivity (Wildman–Crippen MR) is 84.5 cm³/mol. The minimum atomic E-state index is 0.386. The summed E-state index contributed by atoms with van der Waals surface area (Å²) in [5.41, 5.74) is 4.11. The van der Waals surface area contributed by atoms with E-state index in [1.807, 2.05) is 24.3 Å². The lowest BCUT2D eigenvalue weighted by molar-refractivity contribution is 1.20. The lowest BCUT2D eigenvalue weighted by atomic mass is 10.0. The molecule has 0 aliphatic carbocycles. The van der Waals surface area contributed by atoms with Gasteiger partial charge in [0.2, 0.25) is 0 Å². The zero-order chi connectivity index (χ0) is 14.3. The monoisotopic (exact) mass is 302 g/mol. The standard InChI is InChI=1S/C16H12Cl2N2/c1-9-5-3-6-11(10(9)2)16-19-13-8-4-7-12(17)14(13)15(18)20-16/h3-8H,1-2H3. The summed E-state index contributed by atoms with van der Waals surface area (Å²) in [5, 5.41) is 1.65. The zero-order valence-electron chi connectivity index (χ0n) is 11.1. The zero-order valence-corrected chi connectivity index (χ0v) is 12.6. The van der Waals surface area contributed by atoms with E-state index in [-0.39, 0.29) is 0 Å². The van der Waals surface area contributed by atoms with Crippen molar-refractivity contribution >= 4 is 34.1 Å². The van der Waals surface area contributed by atoms with Gasteiger partial charge in [0.25, 0.3) is 0 Å². The first kappa shape index (κ1) is 13.3. The predicted octanol–water partition coefficient (Wildman–Crippen LogP) is 5.22. The highest BCUT2D eigenvalue weighted by Crippen LogP contribution is 2.31. The molecular weight excluding hydrogens is 291 g/mol. The molecule has 0 aliphatic rings.